The predicted molar refractivity (Wildman–Crippen MR) is 112 cm³/mol. The highest BCUT2D eigenvalue weighted by atomic mass is 35.5. The van der Waals surface area contributed by atoms with Gasteiger partial charge in [-0.3, -0.25) is 0 Å². The number of rotatable bonds is 3. The lowest BCUT2D eigenvalue weighted by atomic mass is 10.1. The van der Waals surface area contributed by atoms with Gasteiger partial charge in [-0.15, -0.1) is 0 Å². The Kier molecular flexibility index (Phi) is 5.05. The smallest absolute Gasteiger partial charge is 0.407 e. The number of anilines is 1. The number of carboxylic acid groups (broad SMARTS) is 1. The molecule has 1 saturated heterocycles. The zero-order valence-corrected chi connectivity index (χ0v) is 17.3. The van der Waals surface area contributed by atoms with E-state index < -0.39 is 16.1 Å². The topological polar surface area (TPSA) is 107 Å². The van der Waals surface area contributed by atoms with Crippen LogP contribution < -0.4 is 4.90 Å². The number of piperazine rings is 1. The first kappa shape index (κ1) is 20.1. The van der Waals surface area contributed by atoms with Gasteiger partial charge in [0.05, 0.1) is 16.0 Å². The Morgan fingerprint density at radius 1 is 1.10 bits per heavy atom. The minimum absolute atomic E-state index is 0.0249. The Morgan fingerprint density at radius 3 is 2.47 bits per heavy atom. The number of nitriles is 1. The van der Waals surface area contributed by atoms with Gasteiger partial charge in [-0.05, 0) is 36.4 Å². The number of hydrogen-bond donors (Lipinski definition) is 1. The fourth-order valence-electron chi connectivity index (χ4n) is 3.66. The Hall–Kier alpha value is -3.22. The molecule has 3 aromatic rings. The summed E-state index contributed by atoms with van der Waals surface area (Å²) in [5, 5.41) is 19.6. The van der Waals surface area contributed by atoms with Gasteiger partial charge >= 0.3 is 6.09 Å². The fraction of sp³-hybridized carbons (Fsp3) is 0.200. The molecule has 10 heteroatoms. The molecule has 2 heterocycles. The third-order valence-corrected chi connectivity index (χ3v) is 7.06. The zero-order chi connectivity index (χ0) is 21.5. The minimum atomic E-state index is -3.97. The van der Waals surface area contributed by atoms with E-state index in [4.69, 9.17) is 16.7 Å². The molecule has 1 amide bonds. The van der Waals surface area contributed by atoms with Gasteiger partial charge in [-0.25, -0.2) is 17.2 Å². The number of benzene rings is 2. The van der Waals surface area contributed by atoms with Crippen molar-refractivity contribution in [2.75, 3.05) is 31.1 Å². The van der Waals surface area contributed by atoms with Crippen molar-refractivity contribution >= 4 is 44.3 Å². The van der Waals surface area contributed by atoms with Crippen molar-refractivity contribution < 1.29 is 18.3 Å². The molecule has 0 aliphatic carbocycles. The number of aromatic nitrogens is 1. The Balaban J connectivity index is 1.82. The monoisotopic (exact) mass is 444 g/mol. The van der Waals surface area contributed by atoms with Crippen molar-refractivity contribution in [2.24, 2.45) is 0 Å². The molecule has 1 aliphatic heterocycles. The van der Waals surface area contributed by atoms with Crippen LogP contribution in [0.25, 0.3) is 10.9 Å². The van der Waals surface area contributed by atoms with Crippen LogP contribution in [0.1, 0.15) is 5.56 Å². The van der Waals surface area contributed by atoms with Crippen LogP contribution in [-0.2, 0) is 10.0 Å². The van der Waals surface area contributed by atoms with Gasteiger partial charge in [0.25, 0.3) is 10.0 Å². The van der Waals surface area contributed by atoms with Crippen LogP contribution in [0.5, 0.6) is 0 Å². The van der Waals surface area contributed by atoms with E-state index in [0.717, 1.165) is 9.66 Å². The maximum absolute atomic E-state index is 13.2. The van der Waals surface area contributed by atoms with Crippen molar-refractivity contribution in [3.8, 4) is 6.07 Å². The Labute approximate surface area is 178 Å². The van der Waals surface area contributed by atoms with E-state index in [2.05, 4.69) is 6.07 Å². The quantitative estimate of drug-likeness (QED) is 0.664. The molecule has 4 rings (SSSR count). The van der Waals surface area contributed by atoms with Gasteiger partial charge in [0.15, 0.2) is 0 Å². The van der Waals surface area contributed by atoms with Gasteiger partial charge in [-0.1, -0.05) is 17.7 Å². The highest BCUT2D eigenvalue weighted by Gasteiger charge is 2.26. The average molecular weight is 445 g/mol. The van der Waals surface area contributed by atoms with Crippen LogP contribution in [0, 0.1) is 11.3 Å². The van der Waals surface area contributed by atoms with Crippen LogP contribution in [0.3, 0.4) is 0 Å². The van der Waals surface area contributed by atoms with E-state index in [0.29, 0.717) is 36.6 Å². The summed E-state index contributed by atoms with van der Waals surface area (Å²) in [4.78, 5) is 14.5. The summed E-state index contributed by atoms with van der Waals surface area (Å²) in [6.45, 7) is 1.63. The molecule has 1 fully saturated rings. The second-order valence-corrected chi connectivity index (χ2v) is 9.09. The van der Waals surface area contributed by atoms with Gasteiger partial charge in [0.2, 0.25) is 0 Å². The Bertz CT molecular complexity index is 1290. The standard InChI is InChI=1S/C20H17ClN4O4S/c21-15-2-1-3-16(12-15)30(28,29)25-7-6-17-18(5-4-14(13-22)19(17)25)23-8-10-24(11-9-23)20(26)27/h1-7,12H,8-11H2,(H,26,27). The first-order valence-corrected chi connectivity index (χ1v) is 10.9. The summed E-state index contributed by atoms with van der Waals surface area (Å²) in [6, 6.07) is 13.1. The maximum atomic E-state index is 13.2. The van der Waals surface area contributed by atoms with Gasteiger partial charge < -0.3 is 14.9 Å². The van der Waals surface area contributed by atoms with Crippen LogP contribution in [0.4, 0.5) is 10.5 Å². The Morgan fingerprint density at radius 2 is 1.83 bits per heavy atom. The lowest BCUT2D eigenvalue weighted by Crippen LogP contribution is -2.48. The van der Waals surface area contributed by atoms with Crippen LogP contribution in [0.2, 0.25) is 5.02 Å². The summed E-state index contributed by atoms with van der Waals surface area (Å²) in [5.74, 6) is 0. The van der Waals surface area contributed by atoms with Crippen molar-refractivity contribution in [1.29, 1.82) is 5.26 Å². The molecule has 0 unspecified atom stereocenters. The first-order valence-electron chi connectivity index (χ1n) is 9.11. The van der Waals surface area contributed by atoms with E-state index in [-0.39, 0.29) is 16.0 Å². The SMILES string of the molecule is N#Cc1ccc(N2CCN(C(=O)O)CC2)c2ccn(S(=O)(=O)c3cccc(Cl)c3)c12. The van der Waals surface area contributed by atoms with Crippen LogP contribution >= 0.6 is 11.6 Å². The molecule has 0 spiro atoms. The van der Waals surface area contributed by atoms with Gasteiger partial charge in [0.1, 0.15) is 6.07 Å². The fourth-order valence-corrected chi connectivity index (χ4v) is 5.33. The molecule has 1 aromatic heterocycles. The normalized spacial score (nSPS) is 14.7. The lowest BCUT2D eigenvalue weighted by molar-refractivity contribution is 0.142. The first-order chi connectivity index (χ1) is 14.3. The highest BCUT2D eigenvalue weighted by Crippen LogP contribution is 2.33. The molecule has 1 N–H and O–H groups in total. The lowest BCUT2D eigenvalue weighted by Gasteiger charge is -2.35. The number of hydrogen-bond acceptors (Lipinski definition) is 5. The van der Waals surface area contributed by atoms with Crippen molar-refractivity contribution in [3.05, 3.63) is 59.2 Å². The van der Waals surface area contributed by atoms with E-state index in [9.17, 15) is 18.5 Å². The minimum Gasteiger partial charge on any atom is -0.465 e. The van der Waals surface area contributed by atoms with Crippen LogP contribution in [0.15, 0.2) is 53.6 Å². The molecule has 1 aliphatic rings. The third kappa shape index (κ3) is 3.34. The summed E-state index contributed by atoms with van der Waals surface area (Å²) in [7, 11) is -3.97. The molecule has 0 bridgehead atoms. The average Bonchev–Trinajstić information content (AvgIpc) is 3.19. The highest BCUT2D eigenvalue weighted by molar-refractivity contribution is 7.90. The number of halogens is 1. The molecule has 154 valence electrons. The molecule has 30 heavy (non-hydrogen) atoms. The summed E-state index contributed by atoms with van der Waals surface area (Å²) >= 11 is 5.97. The van der Waals surface area contributed by atoms with E-state index in [1.165, 1.54) is 23.2 Å². The second kappa shape index (κ2) is 7.55. The zero-order valence-electron chi connectivity index (χ0n) is 15.7. The van der Waals surface area contributed by atoms with Gasteiger partial charge in [0, 0.05) is 48.5 Å². The molecule has 0 saturated carbocycles. The molecular weight excluding hydrogens is 428 g/mol. The van der Waals surface area contributed by atoms with E-state index >= 15 is 0 Å². The molecule has 0 radical (unpaired) electrons. The summed E-state index contributed by atoms with van der Waals surface area (Å²) in [5.41, 5.74) is 1.28. The van der Waals surface area contributed by atoms with Gasteiger partial charge in [-0.2, -0.15) is 5.26 Å². The van der Waals surface area contributed by atoms with E-state index in [1.54, 1.807) is 30.3 Å². The van der Waals surface area contributed by atoms with E-state index in [1.807, 2.05) is 4.90 Å². The van der Waals surface area contributed by atoms with Crippen molar-refractivity contribution in [1.82, 2.24) is 8.87 Å². The molecule has 8 nitrogen and oxygen atoms in total. The van der Waals surface area contributed by atoms with Crippen LogP contribution in [-0.4, -0.2) is 54.7 Å². The predicted octanol–water partition coefficient (Wildman–Crippen LogP) is 3.20. The molecular formula is C20H17ClN4O4S. The number of carbonyl (C=O) groups is 1. The van der Waals surface area contributed by atoms with Crippen molar-refractivity contribution in [3.63, 3.8) is 0 Å². The second-order valence-electron chi connectivity index (χ2n) is 6.84. The number of nitrogens with zero attached hydrogens (tertiary/aromatic N) is 4. The third-order valence-electron chi connectivity index (χ3n) is 5.16. The maximum Gasteiger partial charge on any atom is 0.407 e. The molecule has 0 atom stereocenters. The summed E-state index contributed by atoms with van der Waals surface area (Å²) < 4.78 is 27.6. The number of fused-ring (bicyclic) bond motifs is 1. The molecule has 2 aromatic carbocycles. The number of amides is 1. The van der Waals surface area contributed by atoms with Crippen molar-refractivity contribution in [2.45, 2.75) is 4.90 Å². The largest absolute Gasteiger partial charge is 0.465 e. The summed E-state index contributed by atoms with van der Waals surface area (Å²) in [6.07, 6.45) is 0.469.